The third-order valence-corrected chi connectivity index (χ3v) is 6.09. The highest BCUT2D eigenvalue weighted by atomic mass is 19.1. The second kappa shape index (κ2) is 7.28. The van der Waals surface area contributed by atoms with Crippen molar-refractivity contribution in [2.24, 2.45) is 11.8 Å². The Morgan fingerprint density at radius 3 is 2.60 bits per heavy atom. The van der Waals surface area contributed by atoms with Gasteiger partial charge in [0.25, 0.3) is 0 Å². The number of benzene rings is 1. The van der Waals surface area contributed by atoms with Gasteiger partial charge in [-0.25, -0.2) is 4.39 Å². The number of halogens is 1. The summed E-state index contributed by atoms with van der Waals surface area (Å²) in [6.07, 6.45) is 10.3. The summed E-state index contributed by atoms with van der Waals surface area (Å²) in [5, 5.41) is 0. The minimum absolute atomic E-state index is 0.179. The molecule has 134 valence electrons. The zero-order chi connectivity index (χ0) is 17.2. The van der Waals surface area contributed by atoms with Crippen molar-refractivity contribution in [3.8, 4) is 0 Å². The van der Waals surface area contributed by atoms with Gasteiger partial charge in [-0.1, -0.05) is 30.7 Å². The van der Waals surface area contributed by atoms with Crippen LogP contribution in [-0.4, -0.2) is 47.9 Å². The molecule has 5 rings (SSSR count). The molecular formula is C21H27FN2O. The molecule has 2 bridgehead atoms. The molecule has 0 aromatic heterocycles. The molecule has 3 heterocycles. The lowest BCUT2D eigenvalue weighted by Crippen LogP contribution is -2.50. The van der Waals surface area contributed by atoms with Gasteiger partial charge in [0.15, 0.2) is 0 Å². The van der Waals surface area contributed by atoms with E-state index in [4.69, 9.17) is 0 Å². The number of amides is 1. The average molecular weight is 342 g/mol. The number of piperidine rings is 1. The summed E-state index contributed by atoms with van der Waals surface area (Å²) in [6.45, 7) is 3.71. The molecule has 2 atom stereocenters. The molecule has 4 heteroatoms. The molecule has 3 nitrogen and oxygen atoms in total. The van der Waals surface area contributed by atoms with Crippen molar-refractivity contribution in [3.05, 3.63) is 41.7 Å². The van der Waals surface area contributed by atoms with Crippen molar-refractivity contribution in [1.82, 2.24) is 9.80 Å². The lowest BCUT2D eigenvalue weighted by molar-refractivity contribution is -0.141. The van der Waals surface area contributed by atoms with E-state index in [-0.39, 0.29) is 11.7 Å². The minimum atomic E-state index is -0.202. The maximum atomic E-state index is 13.0. The van der Waals surface area contributed by atoms with Crippen LogP contribution >= 0.6 is 0 Å². The van der Waals surface area contributed by atoms with Gasteiger partial charge < -0.3 is 4.90 Å². The molecule has 1 amide bonds. The molecule has 0 N–H and O–H groups in total. The van der Waals surface area contributed by atoms with Gasteiger partial charge in [0.1, 0.15) is 5.82 Å². The van der Waals surface area contributed by atoms with Gasteiger partial charge in [-0.2, -0.15) is 0 Å². The highest BCUT2D eigenvalue weighted by molar-refractivity contribution is 5.80. The van der Waals surface area contributed by atoms with Gasteiger partial charge in [-0.05, 0) is 49.3 Å². The average Bonchev–Trinajstić information content (AvgIpc) is 2.84. The Kier molecular flexibility index (Phi) is 4.89. The molecule has 0 spiro atoms. The van der Waals surface area contributed by atoms with Gasteiger partial charge in [-0.3, -0.25) is 9.69 Å². The SMILES string of the molecule is O=C1[C@@H]2CC[C@@H](CN(C/C=C/c3ccc(F)cc3)C2)N1CC1CCC1. The van der Waals surface area contributed by atoms with Gasteiger partial charge >= 0.3 is 0 Å². The summed E-state index contributed by atoms with van der Waals surface area (Å²) in [7, 11) is 0. The van der Waals surface area contributed by atoms with E-state index in [2.05, 4.69) is 15.9 Å². The van der Waals surface area contributed by atoms with Gasteiger partial charge in [0, 0.05) is 32.2 Å². The molecule has 1 aromatic rings. The van der Waals surface area contributed by atoms with Crippen LogP contribution in [0.25, 0.3) is 6.08 Å². The molecule has 3 aliphatic heterocycles. The fraction of sp³-hybridized carbons (Fsp3) is 0.571. The predicted molar refractivity (Wildman–Crippen MR) is 97.4 cm³/mol. The summed E-state index contributed by atoms with van der Waals surface area (Å²) in [5.74, 6) is 1.12. The number of carbonyl (C=O) groups excluding carboxylic acids is 1. The Morgan fingerprint density at radius 2 is 1.88 bits per heavy atom. The maximum Gasteiger partial charge on any atom is 0.227 e. The van der Waals surface area contributed by atoms with Crippen LogP contribution in [0, 0.1) is 17.7 Å². The largest absolute Gasteiger partial charge is 0.338 e. The van der Waals surface area contributed by atoms with Gasteiger partial charge in [0.2, 0.25) is 5.91 Å². The van der Waals surface area contributed by atoms with E-state index in [1.807, 2.05) is 6.08 Å². The fourth-order valence-electron chi connectivity index (χ4n) is 4.38. The smallest absolute Gasteiger partial charge is 0.227 e. The first kappa shape index (κ1) is 16.8. The first-order valence-electron chi connectivity index (χ1n) is 9.64. The second-order valence-corrected chi connectivity index (χ2v) is 7.89. The molecule has 4 fully saturated rings. The molecule has 4 aliphatic rings. The van der Waals surface area contributed by atoms with Crippen LogP contribution in [0.2, 0.25) is 0 Å². The van der Waals surface area contributed by atoms with Crippen LogP contribution in [-0.2, 0) is 4.79 Å². The van der Waals surface area contributed by atoms with Gasteiger partial charge in [-0.15, -0.1) is 0 Å². The zero-order valence-corrected chi connectivity index (χ0v) is 14.7. The van der Waals surface area contributed by atoms with Crippen LogP contribution in [0.4, 0.5) is 4.39 Å². The van der Waals surface area contributed by atoms with E-state index < -0.39 is 0 Å². The van der Waals surface area contributed by atoms with Crippen LogP contribution < -0.4 is 0 Å². The summed E-state index contributed by atoms with van der Waals surface area (Å²) in [6, 6.07) is 6.96. The lowest BCUT2D eigenvalue weighted by atomic mass is 9.83. The molecule has 1 aromatic carbocycles. The Bertz CT molecular complexity index is 638. The van der Waals surface area contributed by atoms with Crippen molar-refractivity contribution in [3.63, 3.8) is 0 Å². The Morgan fingerprint density at radius 1 is 1.08 bits per heavy atom. The van der Waals surface area contributed by atoms with E-state index in [9.17, 15) is 9.18 Å². The Labute approximate surface area is 149 Å². The third-order valence-electron chi connectivity index (χ3n) is 6.09. The molecule has 0 radical (unpaired) electrons. The number of nitrogens with zero attached hydrogens (tertiary/aromatic N) is 2. The quantitative estimate of drug-likeness (QED) is 0.817. The maximum absolute atomic E-state index is 13.0. The van der Waals surface area contributed by atoms with Crippen molar-refractivity contribution in [1.29, 1.82) is 0 Å². The van der Waals surface area contributed by atoms with Crippen LogP contribution in [0.1, 0.15) is 37.7 Å². The molecular weight excluding hydrogens is 315 g/mol. The van der Waals surface area contributed by atoms with Crippen molar-refractivity contribution in [2.45, 2.75) is 38.1 Å². The van der Waals surface area contributed by atoms with Crippen molar-refractivity contribution >= 4 is 12.0 Å². The number of fused-ring (bicyclic) bond motifs is 4. The second-order valence-electron chi connectivity index (χ2n) is 7.89. The lowest BCUT2D eigenvalue weighted by Gasteiger charge is -2.40. The molecule has 1 saturated carbocycles. The fourth-order valence-corrected chi connectivity index (χ4v) is 4.38. The van der Waals surface area contributed by atoms with Crippen LogP contribution in [0.15, 0.2) is 30.3 Å². The monoisotopic (exact) mass is 342 g/mol. The summed E-state index contributed by atoms with van der Waals surface area (Å²) in [4.78, 5) is 17.4. The normalized spacial score (nSPS) is 27.7. The van der Waals surface area contributed by atoms with E-state index in [0.717, 1.165) is 50.5 Å². The Hall–Kier alpha value is -1.68. The van der Waals surface area contributed by atoms with Crippen LogP contribution in [0.3, 0.4) is 0 Å². The van der Waals surface area contributed by atoms with E-state index in [1.54, 1.807) is 12.1 Å². The molecule has 0 unspecified atom stereocenters. The van der Waals surface area contributed by atoms with Crippen LogP contribution in [0.5, 0.6) is 0 Å². The first-order chi connectivity index (χ1) is 12.2. The van der Waals surface area contributed by atoms with Gasteiger partial charge in [0.05, 0.1) is 5.92 Å². The summed E-state index contributed by atoms with van der Waals surface area (Å²) in [5.41, 5.74) is 1.02. The number of rotatable bonds is 5. The number of hydrogen-bond donors (Lipinski definition) is 0. The number of carbonyl (C=O) groups is 1. The predicted octanol–water partition coefficient (Wildman–Crippen LogP) is 3.56. The third kappa shape index (κ3) is 3.79. The standard InChI is InChI=1S/C21H27FN2O/c22-19-9-6-16(7-10-19)5-2-12-23-14-18-8-11-20(15-23)24(21(18)25)13-17-3-1-4-17/h2,5-7,9-10,17-18,20H,1,3-4,8,11-15H2/b5-2+/t18-,20+/m1/s1. The molecule has 25 heavy (non-hydrogen) atoms. The van der Waals surface area contributed by atoms with E-state index in [0.29, 0.717) is 11.9 Å². The first-order valence-corrected chi connectivity index (χ1v) is 9.64. The molecule has 3 saturated heterocycles. The van der Waals surface area contributed by atoms with Crippen molar-refractivity contribution in [2.75, 3.05) is 26.2 Å². The summed E-state index contributed by atoms with van der Waals surface area (Å²) < 4.78 is 13.0. The highest BCUT2D eigenvalue weighted by Crippen LogP contribution is 2.33. The summed E-state index contributed by atoms with van der Waals surface area (Å²) >= 11 is 0. The minimum Gasteiger partial charge on any atom is -0.338 e. The number of hydrogen-bond acceptors (Lipinski definition) is 2. The van der Waals surface area contributed by atoms with Crippen molar-refractivity contribution < 1.29 is 9.18 Å². The highest BCUT2D eigenvalue weighted by Gasteiger charge is 2.41. The molecule has 1 aliphatic carbocycles. The topological polar surface area (TPSA) is 23.6 Å². The van der Waals surface area contributed by atoms with E-state index in [1.165, 1.54) is 31.4 Å². The zero-order valence-electron chi connectivity index (χ0n) is 14.7. The van der Waals surface area contributed by atoms with E-state index >= 15 is 0 Å². The Balaban J connectivity index is 1.37.